The van der Waals surface area contributed by atoms with Crippen LogP contribution in [0, 0.1) is 0 Å². The molecule has 88 valence electrons. The van der Waals surface area contributed by atoms with Crippen LogP contribution in [0.1, 0.15) is 0 Å². The minimum absolute atomic E-state index is 0.699. The number of aromatic nitrogens is 1. The highest BCUT2D eigenvalue weighted by Gasteiger charge is 2.03. The summed E-state index contributed by atoms with van der Waals surface area (Å²) in [6.07, 6.45) is 1.79. The third kappa shape index (κ3) is 2.03. The van der Waals surface area contributed by atoms with Crippen LogP contribution in [-0.4, -0.2) is 4.98 Å². The first-order chi connectivity index (χ1) is 8.84. The first-order valence-corrected chi connectivity index (χ1v) is 6.08. The van der Waals surface area contributed by atoms with E-state index >= 15 is 0 Å². The van der Waals surface area contributed by atoms with Gasteiger partial charge in [0.2, 0.25) is 0 Å². The van der Waals surface area contributed by atoms with Gasteiger partial charge in [-0.25, -0.2) is 0 Å². The Balaban J connectivity index is 2.08. The molecule has 2 nitrogen and oxygen atoms in total. The molecule has 0 amide bonds. The van der Waals surface area contributed by atoms with E-state index < -0.39 is 0 Å². The van der Waals surface area contributed by atoms with E-state index in [1.165, 1.54) is 0 Å². The van der Waals surface area contributed by atoms with Gasteiger partial charge in [0.1, 0.15) is 0 Å². The minimum atomic E-state index is 0.699. The van der Waals surface area contributed by atoms with Gasteiger partial charge >= 0.3 is 0 Å². The molecule has 0 fully saturated rings. The average Bonchev–Trinajstić information content (AvgIpc) is 2.42. The van der Waals surface area contributed by atoms with Crippen LogP contribution in [0.15, 0.2) is 60.8 Å². The number of fused-ring (bicyclic) bond motifs is 1. The second kappa shape index (κ2) is 4.67. The van der Waals surface area contributed by atoms with E-state index in [9.17, 15) is 0 Å². The molecule has 3 rings (SSSR count). The Morgan fingerprint density at radius 2 is 1.61 bits per heavy atom. The number of hydrogen-bond donors (Lipinski definition) is 1. The van der Waals surface area contributed by atoms with Crippen LogP contribution >= 0.6 is 11.6 Å². The summed E-state index contributed by atoms with van der Waals surface area (Å²) in [7, 11) is 0. The molecule has 0 atom stereocenters. The zero-order valence-electron chi connectivity index (χ0n) is 9.60. The number of benzene rings is 2. The third-order valence-corrected chi connectivity index (χ3v) is 3.11. The highest BCUT2D eigenvalue weighted by atomic mass is 35.5. The smallest absolute Gasteiger partial charge is 0.0936 e. The van der Waals surface area contributed by atoms with Crippen molar-refractivity contribution in [2.75, 3.05) is 5.32 Å². The Bertz CT molecular complexity index is 689. The van der Waals surface area contributed by atoms with Gasteiger partial charge in [-0.15, -0.1) is 0 Å². The normalized spacial score (nSPS) is 10.5. The van der Waals surface area contributed by atoms with E-state index in [-0.39, 0.29) is 0 Å². The summed E-state index contributed by atoms with van der Waals surface area (Å²) in [6.45, 7) is 0. The van der Waals surface area contributed by atoms with Gasteiger partial charge in [-0.1, -0.05) is 41.9 Å². The van der Waals surface area contributed by atoms with Crippen molar-refractivity contribution in [3.63, 3.8) is 0 Å². The second-order valence-electron chi connectivity index (χ2n) is 3.99. The van der Waals surface area contributed by atoms with Gasteiger partial charge in [-0.3, -0.25) is 4.98 Å². The summed E-state index contributed by atoms with van der Waals surface area (Å²) >= 11 is 6.14. The summed E-state index contributed by atoms with van der Waals surface area (Å²) in [4.78, 5) is 4.40. The number of nitrogens with one attached hydrogen (secondary N) is 1. The molecule has 3 aromatic rings. The van der Waals surface area contributed by atoms with Crippen molar-refractivity contribution in [2.45, 2.75) is 0 Å². The van der Waals surface area contributed by atoms with E-state index in [1.54, 1.807) is 6.20 Å². The molecule has 0 radical (unpaired) electrons. The number of hydrogen-bond acceptors (Lipinski definition) is 2. The van der Waals surface area contributed by atoms with Crippen LogP contribution in [-0.2, 0) is 0 Å². The van der Waals surface area contributed by atoms with Crippen LogP contribution in [0.25, 0.3) is 10.9 Å². The number of rotatable bonds is 2. The summed E-state index contributed by atoms with van der Waals surface area (Å²) in [5, 5.41) is 5.13. The fourth-order valence-electron chi connectivity index (χ4n) is 1.91. The second-order valence-corrected chi connectivity index (χ2v) is 4.39. The fourth-order valence-corrected chi connectivity index (χ4v) is 2.10. The first-order valence-electron chi connectivity index (χ1n) is 5.70. The third-order valence-electron chi connectivity index (χ3n) is 2.78. The van der Waals surface area contributed by atoms with Crippen LogP contribution in [0.4, 0.5) is 11.4 Å². The van der Waals surface area contributed by atoms with E-state index in [4.69, 9.17) is 11.6 Å². The molecule has 0 saturated heterocycles. The molecule has 0 spiro atoms. The van der Waals surface area contributed by atoms with Gasteiger partial charge in [0.15, 0.2) is 0 Å². The number of halogens is 1. The molecule has 0 aliphatic carbocycles. The number of pyridine rings is 1. The molecule has 18 heavy (non-hydrogen) atoms. The lowest BCUT2D eigenvalue weighted by Gasteiger charge is -2.10. The summed E-state index contributed by atoms with van der Waals surface area (Å²) in [6, 6.07) is 17.7. The molecule has 1 aromatic heterocycles. The topological polar surface area (TPSA) is 24.9 Å². The van der Waals surface area contributed by atoms with Crippen molar-refractivity contribution in [3.05, 3.63) is 65.8 Å². The molecule has 0 aliphatic rings. The quantitative estimate of drug-likeness (QED) is 0.721. The molecule has 0 aliphatic heterocycles. The van der Waals surface area contributed by atoms with E-state index in [0.29, 0.717) is 5.02 Å². The maximum atomic E-state index is 6.14. The monoisotopic (exact) mass is 254 g/mol. The van der Waals surface area contributed by atoms with Crippen molar-refractivity contribution in [1.82, 2.24) is 4.98 Å². The van der Waals surface area contributed by atoms with Gasteiger partial charge in [0.05, 0.1) is 21.9 Å². The molecule has 1 heterocycles. The molecule has 0 saturated carbocycles. The molecule has 2 aromatic carbocycles. The first kappa shape index (κ1) is 11.1. The van der Waals surface area contributed by atoms with E-state index in [0.717, 1.165) is 22.3 Å². The lowest BCUT2D eigenvalue weighted by Crippen LogP contribution is -1.93. The number of nitrogens with zero attached hydrogens (tertiary/aromatic N) is 1. The number of para-hydroxylation sites is 2. The highest BCUT2D eigenvalue weighted by molar-refractivity contribution is 6.33. The van der Waals surface area contributed by atoms with Crippen LogP contribution in [0.5, 0.6) is 0 Å². The Morgan fingerprint density at radius 1 is 0.833 bits per heavy atom. The molecule has 0 bridgehead atoms. The minimum Gasteiger partial charge on any atom is -0.353 e. The summed E-state index contributed by atoms with van der Waals surface area (Å²) in [5.74, 6) is 0. The average molecular weight is 255 g/mol. The Kier molecular flexibility index (Phi) is 2.87. The van der Waals surface area contributed by atoms with Crippen molar-refractivity contribution in [1.29, 1.82) is 0 Å². The molecule has 1 N–H and O–H groups in total. The predicted molar refractivity (Wildman–Crippen MR) is 76.5 cm³/mol. The van der Waals surface area contributed by atoms with Gasteiger partial charge in [0.25, 0.3) is 0 Å². The van der Waals surface area contributed by atoms with Crippen LogP contribution in [0.3, 0.4) is 0 Å². The number of anilines is 2. The van der Waals surface area contributed by atoms with E-state index in [1.807, 2.05) is 54.6 Å². The fraction of sp³-hybridized carbons (Fsp3) is 0. The lowest BCUT2D eigenvalue weighted by atomic mass is 10.2. The largest absolute Gasteiger partial charge is 0.353 e. The van der Waals surface area contributed by atoms with Gasteiger partial charge in [0, 0.05) is 11.6 Å². The van der Waals surface area contributed by atoms with Crippen molar-refractivity contribution < 1.29 is 0 Å². The summed E-state index contributed by atoms with van der Waals surface area (Å²) in [5.41, 5.74) is 2.79. The van der Waals surface area contributed by atoms with Gasteiger partial charge < -0.3 is 5.32 Å². The Hall–Kier alpha value is -2.06. The molecular weight excluding hydrogens is 244 g/mol. The molecular formula is C15H11ClN2. The maximum Gasteiger partial charge on any atom is 0.0936 e. The van der Waals surface area contributed by atoms with Gasteiger partial charge in [-0.05, 0) is 24.3 Å². The predicted octanol–water partition coefficient (Wildman–Crippen LogP) is 4.63. The SMILES string of the molecule is Clc1ccccc1Nc1cccc2cccnc12. The maximum absolute atomic E-state index is 6.14. The molecule has 0 unspecified atom stereocenters. The van der Waals surface area contributed by atoms with Gasteiger partial charge in [-0.2, -0.15) is 0 Å². The van der Waals surface area contributed by atoms with Crippen molar-refractivity contribution in [2.24, 2.45) is 0 Å². The van der Waals surface area contributed by atoms with Crippen molar-refractivity contribution >= 4 is 33.9 Å². The van der Waals surface area contributed by atoms with Crippen LogP contribution < -0.4 is 5.32 Å². The van der Waals surface area contributed by atoms with Crippen LogP contribution in [0.2, 0.25) is 5.02 Å². The van der Waals surface area contributed by atoms with Crippen molar-refractivity contribution in [3.8, 4) is 0 Å². The zero-order chi connectivity index (χ0) is 12.4. The molecule has 3 heteroatoms. The highest BCUT2D eigenvalue weighted by Crippen LogP contribution is 2.28. The summed E-state index contributed by atoms with van der Waals surface area (Å²) < 4.78 is 0. The Labute approximate surface area is 110 Å². The lowest BCUT2D eigenvalue weighted by molar-refractivity contribution is 1.40. The standard InChI is InChI=1S/C15H11ClN2/c16-12-7-1-2-8-13(12)18-14-9-3-5-11-6-4-10-17-15(11)14/h1-10,18H. The van der Waals surface area contributed by atoms with E-state index in [2.05, 4.69) is 10.3 Å². The zero-order valence-corrected chi connectivity index (χ0v) is 10.4. The Morgan fingerprint density at radius 3 is 2.50 bits per heavy atom.